The number of hydrogen-bond acceptors (Lipinski definition) is 6. The van der Waals surface area contributed by atoms with Gasteiger partial charge in [-0.05, 0) is 38.4 Å². The number of pyridine rings is 1. The largest absolute Gasteiger partial charge is 0.348 e. The second-order valence-electron chi connectivity index (χ2n) is 6.01. The summed E-state index contributed by atoms with van der Waals surface area (Å²) in [6.45, 7) is 3.97. The summed E-state index contributed by atoms with van der Waals surface area (Å²) in [7, 11) is 0. The van der Waals surface area contributed by atoms with Crippen LogP contribution in [0, 0.1) is 6.92 Å². The summed E-state index contributed by atoms with van der Waals surface area (Å²) in [5, 5.41) is 4.19. The van der Waals surface area contributed by atoms with Crippen LogP contribution in [0.3, 0.4) is 0 Å². The zero-order chi connectivity index (χ0) is 16.4. The highest BCUT2D eigenvalue weighted by Crippen LogP contribution is 2.32. The molecule has 124 valence electrons. The molecule has 1 aliphatic rings. The Morgan fingerprint density at radius 3 is 3.12 bits per heavy atom. The normalized spacial score (nSPS) is 18.1. The fourth-order valence-corrected chi connectivity index (χ4v) is 3.83. The highest BCUT2D eigenvalue weighted by molar-refractivity contribution is 7.15. The lowest BCUT2D eigenvalue weighted by molar-refractivity contribution is 0.239. The van der Waals surface area contributed by atoms with Gasteiger partial charge in [-0.2, -0.15) is 0 Å². The third kappa shape index (κ3) is 3.32. The SMILES string of the molecule is Cc1cnc(Nc2cccc(C3CCCN3Cc3ncc[nH]3)n2)s1. The van der Waals surface area contributed by atoms with E-state index in [1.165, 1.54) is 11.3 Å². The van der Waals surface area contributed by atoms with Crippen molar-refractivity contribution in [1.29, 1.82) is 0 Å². The van der Waals surface area contributed by atoms with Gasteiger partial charge in [0, 0.05) is 23.5 Å². The second-order valence-corrected chi connectivity index (χ2v) is 7.25. The maximum Gasteiger partial charge on any atom is 0.188 e. The first kappa shape index (κ1) is 15.3. The number of hydrogen-bond donors (Lipinski definition) is 2. The van der Waals surface area contributed by atoms with Gasteiger partial charge in [0.2, 0.25) is 0 Å². The van der Waals surface area contributed by atoms with Crippen LogP contribution in [0.25, 0.3) is 0 Å². The molecule has 0 bridgehead atoms. The second kappa shape index (κ2) is 6.70. The van der Waals surface area contributed by atoms with Gasteiger partial charge in [0.1, 0.15) is 11.6 Å². The maximum absolute atomic E-state index is 4.82. The first-order chi connectivity index (χ1) is 11.8. The molecule has 3 aromatic heterocycles. The fraction of sp³-hybridized carbons (Fsp3) is 0.353. The van der Waals surface area contributed by atoms with E-state index in [9.17, 15) is 0 Å². The number of aromatic nitrogens is 4. The molecular formula is C17H20N6S. The molecule has 7 heteroatoms. The Kier molecular flexibility index (Phi) is 4.27. The Balaban J connectivity index is 1.51. The molecule has 1 fully saturated rings. The number of anilines is 2. The average molecular weight is 340 g/mol. The summed E-state index contributed by atoms with van der Waals surface area (Å²) < 4.78 is 0. The number of aryl methyl sites for hydroxylation is 1. The van der Waals surface area contributed by atoms with E-state index in [1.54, 1.807) is 17.5 Å². The molecule has 0 spiro atoms. The molecule has 2 N–H and O–H groups in total. The van der Waals surface area contributed by atoms with E-state index in [2.05, 4.69) is 44.2 Å². The van der Waals surface area contributed by atoms with Gasteiger partial charge >= 0.3 is 0 Å². The number of nitrogens with zero attached hydrogens (tertiary/aromatic N) is 4. The van der Waals surface area contributed by atoms with E-state index in [0.717, 1.165) is 42.0 Å². The number of aromatic amines is 1. The summed E-state index contributed by atoms with van der Waals surface area (Å²) in [6, 6.07) is 6.51. The average Bonchev–Trinajstić information content (AvgIpc) is 3.31. The molecule has 4 heterocycles. The van der Waals surface area contributed by atoms with Crippen molar-refractivity contribution < 1.29 is 0 Å². The van der Waals surface area contributed by atoms with Crippen LogP contribution in [0.4, 0.5) is 10.9 Å². The van der Waals surface area contributed by atoms with Crippen molar-refractivity contribution in [3.05, 3.63) is 53.2 Å². The van der Waals surface area contributed by atoms with Gasteiger partial charge in [-0.25, -0.2) is 15.0 Å². The molecule has 3 aromatic rings. The topological polar surface area (TPSA) is 69.7 Å². The van der Waals surface area contributed by atoms with Gasteiger partial charge in [-0.3, -0.25) is 4.90 Å². The van der Waals surface area contributed by atoms with Gasteiger partial charge in [-0.1, -0.05) is 6.07 Å². The third-order valence-corrected chi connectivity index (χ3v) is 5.07. The monoisotopic (exact) mass is 340 g/mol. The number of nitrogens with one attached hydrogen (secondary N) is 2. The molecule has 0 aromatic carbocycles. The van der Waals surface area contributed by atoms with E-state index < -0.39 is 0 Å². The Morgan fingerprint density at radius 2 is 2.33 bits per heavy atom. The van der Waals surface area contributed by atoms with E-state index in [-0.39, 0.29) is 0 Å². The van der Waals surface area contributed by atoms with Crippen LogP contribution in [0.5, 0.6) is 0 Å². The standard InChI is InChI=1S/C17H20N6S/c1-12-10-20-17(24-12)22-15-6-2-4-13(21-15)14-5-3-9-23(14)11-16-18-7-8-19-16/h2,4,6-8,10,14H,3,5,9,11H2,1H3,(H,18,19)(H,20,21,22). The quantitative estimate of drug-likeness (QED) is 0.742. The molecule has 1 saturated heterocycles. The van der Waals surface area contributed by atoms with Crippen molar-refractivity contribution in [2.24, 2.45) is 0 Å². The van der Waals surface area contributed by atoms with Crippen molar-refractivity contribution >= 4 is 22.3 Å². The number of H-pyrrole nitrogens is 1. The van der Waals surface area contributed by atoms with Crippen molar-refractivity contribution in [2.75, 3.05) is 11.9 Å². The molecule has 0 amide bonds. The van der Waals surface area contributed by atoms with Crippen molar-refractivity contribution in [3.63, 3.8) is 0 Å². The van der Waals surface area contributed by atoms with E-state index in [1.807, 2.05) is 18.5 Å². The minimum Gasteiger partial charge on any atom is -0.348 e. The van der Waals surface area contributed by atoms with Gasteiger partial charge in [0.05, 0.1) is 18.3 Å². The fourth-order valence-electron chi connectivity index (χ4n) is 3.16. The highest BCUT2D eigenvalue weighted by Gasteiger charge is 2.27. The Labute approximate surface area is 145 Å². The van der Waals surface area contributed by atoms with Crippen LogP contribution < -0.4 is 5.32 Å². The van der Waals surface area contributed by atoms with Crippen LogP contribution in [0.15, 0.2) is 36.8 Å². The molecule has 1 aliphatic heterocycles. The number of rotatable bonds is 5. The predicted molar refractivity (Wildman–Crippen MR) is 95.3 cm³/mol. The zero-order valence-corrected chi connectivity index (χ0v) is 14.4. The number of likely N-dealkylation sites (tertiary alicyclic amines) is 1. The lowest BCUT2D eigenvalue weighted by atomic mass is 10.1. The van der Waals surface area contributed by atoms with Crippen LogP contribution in [0.1, 0.15) is 35.3 Å². The van der Waals surface area contributed by atoms with Crippen LogP contribution in [-0.4, -0.2) is 31.4 Å². The first-order valence-electron chi connectivity index (χ1n) is 8.16. The van der Waals surface area contributed by atoms with Gasteiger partial charge in [0.15, 0.2) is 5.13 Å². The lowest BCUT2D eigenvalue weighted by Crippen LogP contribution is -2.24. The smallest absolute Gasteiger partial charge is 0.188 e. The van der Waals surface area contributed by atoms with Gasteiger partial charge in [-0.15, -0.1) is 11.3 Å². The molecule has 0 radical (unpaired) electrons. The number of imidazole rings is 1. The summed E-state index contributed by atoms with van der Waals surface area (Å²) in [5.74, 6) is 1.86. The maximum atomic E-state index is 4.82. The summed E-state index contributed by atoms with van der Waals surface area (Å²) in [5.41, 5.74) is 1.11. The van der Waals surface area contributed by atoms with E-state index in [4.69, 9.17) is 4.98 Å². The highest BCUT2D eigenvalue weighted by atomic mass is 32.1. The molecule has 0 aliphatic carbocycles. The molecule has 1 atom stereocenters. The van der Waals surface area contributed by atoms with Crippen LogP contribution in [-0.2, 0) is 6.54 Å². The molecular weight excluding hydrogens is 320 g/mol. The summed E-state index contributed by atoms with van der Waals surface area (Å²) in [4.78, 5) is 20.3. The van der Waals surface area contributed by atoms with Crippen molar-refractivity contribution in [1.82, 2.24) is 24.8 Å². The molecule has 6 nitrogen and oxygen atoms in total. The molecule has 1 unspecified atom stereocenters. The Hall–Kier alpha value is -2.25. The minimum absolute atomic E-state index is 0.342. The van der Waals surface area contributed by atoms with Gasteiger partial charge < -0.3 is 10.3 Å². The number of thiazole rings is 1. The Bertz CT molecular complexity index is 797. The predicted octanol–water partition coefficient (Wildman–Crippen LogP) is 3.65. The first-order valence-corrected chi connectivity index (χ1v) is 8.98. The lowest BCUT2D eigenvalue weighted by Gasteiger charge is -2.23. The molecule has 0 saturated carbocycles. The van der Waals surface area contributed by atoms with E-state index in [0.29, 0.717) is 6.04 Å². The molecule has 24 heavy (non-hydrogen) atoms. The van der Waals surface area contributed by atoms with Gasteiger partial charge in [0.25, 0.3) is 0 Å². The third-order valence-electron chi connectivity index (χ3n) is 4.24. The summed E-state index contributed by atoms with van der Waals surface area (Å²) in [6.07, 6.45) is 7.88. The van der Waals surface area contributed by atoms with Crippen molar-refractivity contribution in [3.8, 4) is 0 Å². The Morgan fingerprint density at radius 1 is 1.38 bits per heavy atom. The summed E-state index contributed by atoms with van der Waals surface area (Å²) >= 11 is 1.64. The zero-order valence-electron chi connectivity index (χ0n) is 13.6. The van der Waals surface area contributed by atoms with Crippen molar-refractivity contribution in [2.45, 2.75) is 32.4 Å². The van der Waals surface area contributed by atoms with Crippen LogP contribution >= 0.6 is 11.3 Å². The van der Waals surface area contributed by atoms with E-state index >= 15 is 0 Å². The minimum atomic E-state index is 0.342. The van der Waals surface area contributed by atoms with Crippen LogP contribution in [0.2, 0.25) is 0 Å². The molecule has 4 rings (SSSR count).